The molecule has 0 atom stereocenters. The standard InChI is InChI=1S/C15H17BN.3CO.3CH3.Cr.Sn/c1-15(2,3)17-13-7-11-16(17)12-10-14-8-5-4-6-9-14;3*1-2;;;;;/h4-9,11,13H,1-3H3;;;;3*1H3;;. The van der Waals surface area contributed by atoms with E-state index in [9.17, 15) is 0 Å². The van der Waals surface area contributed by atoms with Crippen LogP contribution in [0.1, 0.15) is 26.3 Å². The van der Waals surface area contributed by atoms with E-state index < -0.39 is 19.8 Å². The van der Waals surface area contributed by atoms with Crippen LogP contribution >= 0.6 is 0 Å². The van der Waals surface area contributed by atoms with Gasteiger partial charge in [-0.1, -0.05) is 24.1 Å². The van der Waals surface area contributed by atoms with Crippen molar-refractivity contribution < 1.29 is 31.3 Å². The van der Waals surface area contributed by atoms with Gasteiger partial charge in [0.15, 0.2) is 0 Å². The summed E-state index contributed by atoms with van der Waals surface area (Å²) in [6, 6.07) is 10.1. The first-order valence-electron chi connectivity index (χ1n) is 8.05. The molecule has 146 valence electrons. The Hall–Kier alpha value is -0.644. The van der Waals surface area contributed by atoms with Crippen LogP contribution in [0.5, 0.6) is 0 Å². The Morgan fingerprint density at radius 3 is 1.75 bits per heavy atom. The van der Waals surface area contributed by atoms with E-state index in [1.54, 1.807) is 0 Å². The molecule has 1 saturated heterocycles. The molecule has 1 aliphatic heterocycles. The Morgan fingerprint density at radius 1 is 0.929 bits per heavy atom. The maximum atomic E-state index is 7.50. The van der Waals surface area contributed by atoms with E-state index in [0.717, 1.165) is 5.56 Å². The van der Waals surface area contributed by atoms with Crippen molar-refractivity contribution >= 4 is 26.6 Å². The third-order valence-corrected chi connectivity index (χ3v) is 2.75. The van der Waals surface area contributed by atoms with Crippen LogP contribution in [-0.4, -0.2) is 37.0 Å². The van der Waals surface area contributed by atoms with Crippen LogP contribution in [0.4, 0.5) is 0 Å². The molecular formula is C21H26BCrNO3Sn. The summed E-state index contributed by atoms with van der Waals surface area (Å²) in [5, 5.41) is 0. The van der Waals surface area contributed by atoms with E-state index in [4.69, 9.17) is 14.0 Å². The number of rotatable bonds is 0. The molecule has 4 radical (unpaired) electrons. The molecular weight excluding hydrogens is 496 g/mol. The fraction of sp³-hybridized carbons (Fsp3) is 0.333. The summed E-state index contributed by atoms with van der Waals surface area (Å²) in [4.78, 5) is 9.37. The molecule has 28 heavy (non-hydrogen) atoms. The molecule has 1 aliphatic rings. The van der Waals surface area contributed by atoms with Crippen LogP contribution in [0.25, 0.3) is 0 Å². The van der Waals surface area contributed by atoms with Crippen molar-refractivity contribution in [2.24, 2.45) is 0 Å². The van der Waals surface area contributed by atoms with E-state index in [0.29, 0.717) is 0 Å². The number of hydrogen-bond donors (Lipinski definition) is 0. The smallest absolute Gasteiger partial charge is 0 e. The van der Waals surface area contributed by atoms with Crippen LogP contribution in [-0.2, 0) is 31.3 Å². The first kappa shape index (κ1) is 34.8. The zero-order valence-corrected chi connectivity index (χ0v) is 21.4. The van der Waals surface area contributed by atoms with Crippen LogP contribution < -0.4 is 0 Å². The van der Waals surface area contributed by atoms with Crippen molar-refractivity contribution in [1.29, 1.82) is 0 Å². The zero-order chi connectivity index (χ0) is 21.9. The molecule has 0 unspecified atom stereocenters. The van der Waals surface area contributed by atoms with Crippen molar-refractivity contribution in [3.63, 3.8) is 0 Å². The van der Waals surface area contributed by atoms with Crippen molar-refractivity contribution in [3.8, 4) is 11.7 Å². The zero-order valence-electron chi connectivity index (χ0n) is 17.3. The minimum Gasteiger partial charge on any atom is 0 e. The molecule has 0 spiro atoms. The molecule has 1 heterocycles. The molecule has 0 N–H and O–H groups in total. The first-order chi connectivity index (χ1) is 12.8. The van der Waals surface area contributed by atoms with Gasteiger partial charge in [-0.15, -0.1) is 5.82 Å². The van der Waals surface area contributed by atoms with Gasteiger partial charge >= 0.3 is 75.3 Å². The summed E-state index contributed by atoms with van der Waals surface area (Å²) < 4.78 is 22.5. The monoisotopic (exact) mass is 523 g/mol. The van der Waals surface area contributed by atoms with Gasteiger partial charge in [-0.3, -0.25) is 0 Å². The number of hydrogen-bond acceptors (Lipinski definition) is 1. The Kier molecular flexibility index (Phi) is 28.2. The first-order valence-corrected chi connectivity index (χ1v) is 16.6. The van der Waals surface area contributed by atoms with Crippen molar-refractivity contribution in [2.45, 2.75) is 41.1 Å². The van der Waals surface area contributed by atoms with Gasteiger partial charge in [0, 0.05) is 35.0 Å². The van der Waals surface area contributed by atoms with Crippen molar-refractivity contribution in [2.75, 3.05) is 0 Å². The quantitative estimate of drug-likeness (QED) is 0.220. The molecule has 0 bridgehead atoms. The fourth-order valence-corrected chi connectivity index (χ4v) is 1.87. The number of benzene rings is 1. The molecule has 0 saturated carbocycles. The van der Waals surface area contributed by atoms with Crippen LogP contribution in [0.15, 0.2) is 30.3 Å². The second kappa shape index (κ2) is 22.6. The van der Waals surface area contributed by atoms with Gasteiger partial charge in [-0.2, -0.15) is 0 Å². The SMILES string of the molecule is CC(C)(C)N1[CH][CH][CH]B1C#Cc1ccccc1.[C-]#[O+].[C-]#[O+].[C-]#[O+].[CH3][Sn]([CH3])[CH3].[Cr]. The Morgan fingerprint density at radius 2 is 1.36 bits per heavy atom. The normalized spacial score (nSPS) is 11.7. The van der Waals surface area contributed by atoms with E-state index in [1.165, 1.54) is 0 Å². The largest absolute Gasteiger partial charge is 0 e. The van der Waals surface area contributed by atoms with E-state index in [1.807, 2.05) is 30.3 Å². The second-order valence-electron chi connectivity index (χ2n) is 6.69. The average Bonchev–Trinajstić information content (AvgIpc) is 3.15. The third kappa shape index (κ3) is 18.7. The van der Waals surface area contributed by atoms with Gasteiger partial charge in [0.25, 0.3) is 0 Å². The molecule has 1 aromatic rings. The maximum absolute atomic E-state index is 7.50. The Labute approximate surface area is 190 Å². The topological polar surface area (TPSA) is 62.9 Å². The molecule has 0 aliphatic carbocycles. The summed E-state index contributed by atoms with van der Waals surface area (Å²) in [5.41, 5.74) is 1.18. The Bertz CT molecular complexity index is 584. The predicted octanol–water partition coefficient (Wildman–Crippen LogP) is 4.05. The van der Waals surface area contributed by atoms with Crippen LogP contribution in [0.2, 0.25) is 14.8 Å². The molecule has 7 heteroatoms. The summed E-state index contributed by atoms with van der Waals surface area (Å²) in [6.45, 7) is 22.4. The fourth-order valence-electron chi connectivity index (χ4n) is 1.87. The minimum atomic E-state index is -0.543. The van der Waals surface area contributed by atoms with Gasteiger partial charge in [0.2, 0.25) is 0 Å². The molecule has 2 rings (SSSR count). The van der Waals surface area contributed by atoms with Crippen LogP contribution in [0, 0.1) is 51.0 Å². The van der Waals surface area contributed by atoms with Gasteiger partial charge in [0.05, 0.1) is 0 Å². The van der Waals surface area contributed by atoms with Crippen LogP contribution in [0.3, 0.4) is 0 Å². The van der Waals surface area contributed by atoms with Gasteiger partial charge < -0.3 is 4.81 Å². The molecule has 1 fully saturated rings. The van der Waals surface area contributed by atoms with Crippen molar-refractivity contribution in [1.82, 2.24) is 4.81 Å². The maximum Gasteiger partial charge on any atom is 0 e. The van der Waals surface area contributed by atoms with Gasteiger partial charge in [-0.05, 0) is 45.6 Å². The Balaban J connectivity index is -0.000000225. The van der Waals surface area contributed by atoms with Gasteiger partial charge in [0.1, 0.15) is 0 Å². The average molecular weight is 522 g/mol. The third-order valence-electron chi connectivity index (χ3n) is 2.75. The molecule has 1 aromatic carbocycles. The summed E-state index contributed by atoms with van der Waals surface area (Å²) in [6.07, 6.45) is 4.22. The summed E-state index contributed by atoms with van der Waals surface area (Å²) >= 11 is -0.543. The summed E-state index contributed by atoms with van der Waals surface area (Å²) in [7, 11) is 0. The second-order valence-corrected chi connectivity index (χ2v) is 15.3. The van der Waals surface area contributed by atoms with E-state index >= 15 is 0 Å². The number of nitrogens with zero attached hydrogens (tertiary/aromatic N) is 1. The molecule has 0 aromatic heterocycles. The molecule has 4 nitrogen and oxygen atoms in total. The van der Waals surface area contributed by atoms with E-state index in [2.05, 4.69) is 91.4 Å². The minimum absolute atomic E-state index is 0. The van der Waals surface area contributed by atoms with Gasteiger partial charge in [-0.25, -0.2) is 0 Å². The van der Waals surface area contributed by atoms with Crippen molar-refractivity contribution in [3.05, 3.63) is 75.1 Å². The molecule has 0 amide bonds. The summed E-state index contributed by atoms with van der Waals surface area (Å²) in [5.74, 6) is 6.54. The van der Waals surface area contributed by atoms with E-state index in [-0.39, 0.29) is 29.7 Å². The predicted molar refractivity (Wildman–Crippen MR) is 109 cm³/mol.